The first-order valence-corrected chi connectivity index (χ1v) is 11.3. The molecule has 1 fully saturated rings. The van der Waals surface area contributed by atoms with Crippen LogP contribution >= 0.6 is 0 Å². The van der Waals surface area contributed by atoms with E-state index in [0.717, 1.165) is 28.0 Å². The number of amides is 1. The van der Waals surface area contributed by atoms with Gasteiger partial charge in [0.25, 0.3) is 11.8 Å². The molecule has 0 aliphatic carbocycles. The van der Waals surface area contributed by atoms with Crippen molar-refractivity contribution in [1.82, 2.24) is 15.0 Å². The van der Waals surface area contributed by atoms with Crippen molar-refractivity contribution in [1.29, 1.82) is 0 Å². The van der Waals surface area contributed by atoms with Crippen LogP contribution in [0.4, 0.5) is 0 Å². The van der Waals surface area contributed by atoms with Gasteiger partial charge in [0.05, 0.1) is 18.9 Å². The zero-order valence-corrected chi connectivity index (χ0v) is 19.2. The minimum absolute atomic E-state index is 0.0392. The summed E-state index contributed by atoms with van der Waals surface area (Å²) in [6.07, 6.45) is 0.449. The van der Waals surface area contributed by atoms with E-state index < -0.39 is 6.04 Å². The number of aromatic nitrogens is 2. The van der Waals surface area contributed by atoms with Crippen molar-refractivity contribution < 1.29 is 19.3 Å². The Bertz CT molecular complexity index is 1330. The standard InChI is InChI=1S/C27H24N4O4/c1-34-29-23-15-24(25-28-26(35-30-25)21-9-7-18(17-32)8-10-21)31(16-23)27(33)22-13-11-20(12-14-22)19-5-3-2-4-6-19/h2-14,24,32H,15-17H2,1H3. The van der Waals surface area contributed by atoms with E-state index in [-0.39, 0.29) is 12.5 Å². The van der Waals surface area contributed by atoms with Gasteiger partial charge in [-0.2, -0.15) is 4.98 Å². The van der Waals surface area contributed by atoms with E-state index in [1.54, 1.807) is 17.0 Å². The highest BCUT2D eigenvalue weighted by Gasteiger charge is 2.38. The zero-order chi connectivity index (χ0) is 24.2. The van der Waals surface area contributed by atoms with Crippen LogP contribution in [0.2, 0.25) is 0 Å². The van der Waals surface area contributed by atoms with Crippen molar-refractivity contribution in [2.24, 2.45) is 5.16 Å². The number of benzene rings is 3. The lowest BCUT2D eigenvalue weighted by atomic mass is 10.0. The number of hydrogen-bond acceptors (Lipinski definition) is 7. The number of carbonyl (C=O) groups is 1. The quantitative estimate of drug-likeness (QED) is 0.419. The maximum absolute atomic E-state index is 13.5. The third kappa shape index (κ3) is 4.69. The Hall–Kier alpha value is -4.30. The molecule has 35 heavy (non-hydrogen) atoms. The molecule has 2 heterocycles. The number of likely N-dealkylation sites (tertiary alicyclic amines) is 1. The normalized spacial score (nSPS) is 16.6. The Morgan fingerprint density at radius 1 is 1.03 bits per heavy atom. The predicted octanol–water partition coefficient (Wildman–Crippen LogP) is 4.49. The lowest BCUT2D eigenvalue weighted by Crippen LogP contribution is -2.31. The molecule has 8 heteroatoms. The van der Waals surface area contributed by atoms with Gasteiger partial charge in [0, 0.05) is 17.5 Å². The molecular formula is C27H24N4O4. The van der Waals surface area contributed by atoms with Gasteiger partial charge in [-0.25, -0.2) is 0 Å². The zero-order valence-electron chi connectivity index (χ0n) is 19.2. The van der Waals surface area contributed by atoms with Crippen molar-refractivity contribution in [3.05, 3.63) is 95.8 Å². The van der Waals surface area contributed by atoms with E-state index in [4.69, 9.17) is 9.36 Å². The van der Waals surface area contributed by atoms with E-state index in [2.05, 4.69) is 15.3 Å². The molecule has 1 amide bonds. The fourth-order valence-electron chi connectivity index (χ4n) is 4.19. The van der Waals surface area contributed by atoms with Crippen LogP contribution in [0.3, 0.4) is 0 Å². The topological polar surface area (TPSA) is 101 Å². The average molecular weight is 469 g/mol. The predicted molar refractivity (Wildman–Crippen MR) is 130 cm³/mol. The summed E-state index contributed by atoms with van der Waals surface area (Å²) in [6, 6.07) is 24.4. The van der Waals surface area contributed by atoms with E-state index in [1.807, 2.05) is 66.7 Å². The smallest absolute Gasteiger partial charge is 0.257 e. The Labute approximate surface area is 202 Å². The van der Waals surface area contributed by atoms with Crippen LogP contribution in [-0.4, -0.2) is 45.4 Å². The summed E-state index contributed by atoms with van der Waals surface area (Å²) < 4.78 is 5.50. The molecule has 4 aromatic rings. The molecule has 1 aliphatic heterocycles. The van der Waals surface area contributed by atoms with Gasteiger partial charge >= 0.3 is 0 Å². The van der Waals surface area contributed by atoms with Crippen LogP contribution in [0.5, 0.6) is 0 Å². The highest BCUT2D eigenvalue weighted by Crippen LogP contribution is 2.32. The molecule has 0 saturated carbocycles. The highest BCUT2D eigenvalue weighted by atomic mass is 16.6. The van der Waals surface area contributed by atoms with Crippen LogP contribution in [-0.2, 0) is 11.4 Å². The second-order valence-electron chi connectivity index (χ2n) is 8.25. The van der Waals surface area contributed by atoms with Crippen molar-refractivity contribution in [3.8, 4) is 22.6 Å². The summed E-state index contributed by atoms with van der Waals surface area (Å²) in [5, 5.41) is 17.5. The number of hydrogen-bond donors (Lipinski definition) is 1. The Balaban J connectivity index is 1.40. The first kappa shape index (κ1) is 22.5. The van der Waals surface area contributed by atoms with Gasteiger partial charge in [-0.15, -0.1) is 0 Å². The molecule has 1 aromatic heterocycles. The molecule has 1 N–H and O–H groups in total. The number of aliphatic hydroxyl groups is 1. The average Bonchev–Trinajstić information content (AvgIpc) is 3.57. The van der Waals surface area contributed by atoms with Crippen LogP contribution in [0, 0.1) is 0 Å². The van der Waals surface area contributed by atoms with Crippen molar-refractivity contribution >= 4 is 11.6 Å². The van der Waals surface area contributed by atoms with Crippen molar-refractivity contribution in [3.63, 3.8) is 0 Å². The van der Waals surface area contributed by atoms with Crippen LogP contribution in [0.1, 0.15) is 34.2 Å². The van der Waals surface area contributed by atoms with Crippen molar-refractivity contribution in [2.75, 3.05) is 13.7 Å². The summed E-state index contributed by atoms with van der Waals surface area (Å²) in [4.78, 5) is 24.7. The van der Waals surface area contributed by atoms with E-state index in [1.165, 1.54) is 7.11 Å². The number of aliphatic hydroxyl groups excluding tert-OH is 1. The Morgan fingerprint density at radius 2 is 1.71 bits per heavy atom. The van der Waals surface area contributed by atoms with E-state index >= 15 is 0 Å². The molecule has 1 atom stereocenters. The van der Waals surface area contributed by atoms with E-state index in [9.17, 15) is 9.90 Å². The van der Waals surface area contributed by atoms with Gasteiger partial charge < -0.3 is 19.4 Å². The van der Waals surface area contributed by atoms with Gasteiger partial charge in [-0.1, -0.05) is 64.9 Å². The summed E-state index contributed by atoms with van der Waals surface area (Å²) in [5.41, 5.74) is 4.95. The molecule has 0 radical (unpaired) electrons. The van der Waals surface area contributed by atoms with E-state index in [0.29, 0.717) is 30.2 Å². The highest BCUT2D eigenvalue weighted by molar-refractivity contribution is 6.00. The third-order valence-electron chi connectivity index (χ3n) is 6.00. The first-order chi connectivity index (χ1) is 17.2. The molecular weight excluding hydrogens is 444 g/mol. The molecule has 0 spiro atoms. The summed E-state index contributed by atoms with van der Waals surface area (Å²) >= 11 is 0. The number of rotatable bonds is 6. The SMILES string of the molecule is CON=C1CC(c2noc(-c3ccc(CO)cc3)n2)N(C(=O)c2ccc(-c3ccccc3)cc2)C1. The van der Waals surface area contributed by atoms with Gasteiger partial charge in [0.15, 0.2) is 5.82 Å². The second kappa shape index (κ2) is 9.90. The third-order valence-corrected chi connectivity index (χ3v) is 6.00. The minimum atomic E-state index is -0.431. The monoisotopic (exact) mass is 468 g/mol. The summed E-state index contributed by atoms with van der Waals surface area (Å²) in [5.74, 6) is 0.609. The maximum Gasteiger partial charge on any atom is 0.257 e. The number of oxime groups is 1. The Kier molecular flexibility index (Phi) is 6.36. The van der Waals surface area contributed by atoms with Crippen molar-refractivity contribution in [2.45, 2.75) is 19.1 Å². The molecule has 3 aromatic carbocycles. The van der Waals surface area contributed by atoms with Gasteiger partial charge in [-0.3, -0.25) is 4.79 Å². The molecule has 1 unspecified atom stereocenters. The second-order valence-corrected chi connectivity index (χ2v) is 8.25. The molecule has 1 saturated heterocycles. The number of nitrogens with zero attached hydrogens (tertiary/aromatic N) is 4. The van der Waals surface area contributed by atoms with Gasteiger partial charge in [0.1, 0.15) is 13.2 Å². The van der Waals surface area contributed by atoms with Gasteiger partial charge in [0.2, 0.25) is 0 Å². The van der Waals surface area contributed by atoms with Crippen LogP contribution < -0.4 is 0 Å². The lowest BCUT2D eigenvalue weighted by Gasteiger charge is -2.21. The molecule has 1 aliphatic rings. The maximum atomic E-state index is 13.5. The summed E-state index contributed by atoms with van der Waals surface area (Å²) in [6.45, 7) is 0.273. The Morgan fingerprint density at radius 3 is 2.40 bits per heavy atom. The molecule has 8 nitrogen and oxygen atoms in total. The lowest BCUT2D eigenvalue weighted by molar-refractivity contribution is 0.0732. The fourth-order valence-corrected chi connectivity index (χ4v) is 4.19. The minimum Gasteiger partial charge on any atom is -0.399 e. The molecule has 5 rings (SSSR count). The molecule has 176 valence electrons. The first-order valence-electron chi connectivity index (χ1n) is 11.3. The summed E-state index contributed by atoms with van der Waals surface area (Å²) in [7, 11) is 1.48. The number of carbonyl (C=O) groups excluding carboxylic acids is 1. The van der Waals surface area contributed by atoms with Crippen LogP contribution in [0.25, 0.3) is 22.6 Å². The fraction of sp³-hybridized carbons (Fsp3) is 0.185. The van der Waals surface area contributed by atoms with Crippen LogP contribution in [0.15, 0.2) is 88.5 Å². The largest absolute Gasteiger partial charge is 0.399 e. The van der Waals surface area contributed by atoms with Gasteiger partial charge in [-0.05, 0) is 41.0 Å². The molecule has 0 bridgehead atoms.